The third kappa shape index (κ3) is 2.86. The second-order valence-electron chi connectivity index (χ2n) is 6.24. The summed E-state index contributed by atoms with van der Waals surface area (Å²) < 4.78 is 27.4. The second-order valence-corrected chi connectivity index (χ2v) is 7.89. The SMILES string of the molecule is CCc1cc(O)ccc1CC[C@]1(C)NS(=O)(=O)c2ccccc21. The summed E-state index contributed by atoms with van der Waals surface area (Å²) in [7, 11) is -3.43. The number of sulfonamides is 1. The smallest absolute Gasteiger partial charge is 0.241 e. The van der Waals surface area contributed by atoms with Gasteiger partial charge in [0.25, 0.3) is 0 Å². The van der Waals surface area contributed by atoms with Gasteiger partial charge in [-0.25, -0.2) is 13.1 Å². The first kappa shape index (κ1) is 16.0. The third-order valence-electron chi connectivity index (χ3n) is 4.60. The monoisotopic (exact) mass is 331 g/mol. The molecule has 23 heavy (non-hydrogen) atoms. The van der Waals surface area contributed by atoms with Crippen LogP contribution in [-0.2, 0) is 28.4 Å². The Balaban J connectivity index is 1.90. The Labute approximate surface area is 137 Å². The average Bonchev–Trinajstić information content (AvgIpc) is 2.73. The number of fused-ring (bicyclic) bond motifs is 1. The third-order valence-corrected chi connectivity index (χ3v) is 6.25. The zero-order chi connectivity index (χ0) is 16.7. The first-order chi connectivity index (χ1) is 10.9. The molecule has 3 rings (SSSR count). The zero-order valence-electron chi connectivity index (χ0n) is 13.3. The van der Waals surface area contributed by atoms with Crippen LogP contribution < -0.4 is 4.72 Å². The van der Waals surface area contributed by atoms with E-state index in [1.807, 2.05) is 32.0 Å². The molecule has 0 saturated carbocycles. The summed E-state index contributed by atoms with van der Waals surface area (Å²) in [5, 5.41) is 9.61. The molecule has 0 amide bonds. The van der Waals surface area contributed by atoms with Gasteiger partial charge < -0.3 is 5.11 Å². The van der Waals surface area contributed by atoms with Crippen molar-refractivity contribution in [2.75, 3.05) is 0 Å². The Morgan fingerprint density at radius 3 is 2.61 bits per heavy atom. The van der Waals surface area contributed by atoms with E-state index in [0.717, 1.165) is 29.5 Å². The van der Waals surface area contributed by atoms with E-state index in [-0.39, 0.29) is 5.75 Å². The van der Waals surface area contributed by atoms with Crippen LogP contribution in [0.15, 0.2) is 47.4 Å². The fraction of sp³-hybridized carbons (Fsp3) is 0.333. The van der Waals surface area contributed by atoms with Crippen LogP contribution in [0.4, 0.5) is 0 Å². The molecule has 0 bridgehead atoms. The molecular formula is C18H21NO3S. The summed E-state index contributed by atoms with van der Waals surface area (Å²) >= 11 is 0. The summed E-state index contributed by atoms with van der Waals surface area (Å²) in [4.78, 5) is 0.379. The number of rotatable bonds is 4. The highest BCUT2D eigenvalue weighted by Crippen LogP contribution is 2.38. The lowest BCUT2D eigenvalue weighted by atomic mass is 9.86. The molecule has 1 aliphatic heterocycles. The van der Waals surface area contributed by atoms with Crippen LogP contribution in [0.25, 0.3) is 0 Å². The van der Waals surface area contributed by atoms with Gasteiger partial charge in [-0.3, -0.25) is 0 Å². The van der Waals surface area contributed by atoms with Crippen molar-refractivity contribution in [2.45, 2.75) is 43.5 Å². The van der Waals surface area contributed by atoms with E-state index < -0.39 is 15.6 Å². The minimum Gasteiger partial charge on any atom is -0.508 e. The van der Waals surface area contributed by atoms with E-state index in [9.17, 15) is 13.5 Å². The van der Waals surface area contributed by atoms with E-state index in [2.05, 4.69) is 4.72 Å². The van der Waals surface area contributed by atoms with Crippen LogP contribution >= 0.6 is 0 Å². The summed E-state index contributed by atoms with van der Waals surface area (Å²) in [6.45, 7) is 3.98. The van der Waals surface area contributed by atoms with Crippen LogP contribution in [-0.4, -0.2) is 13.5 Å². The van der Waals surface area contributed by atoms with E-state index in [0.29, 0.717) is 11.3 Å². The number of aromatic hydroxyl groups is 1. The minimum absolute atomic E-state index is 0.267. The molecule has 4 nitrogen and oxygen atoms in total. The summed E-state index contributed by atoms with van der Waals surface area (Å²) in [5.41, 5.74) is 2.48. The standard InChI is InChI=1S/C18H21NO3S/c1-3-13-12-15(20)9-8-14(13)10-11-18(2)16-6-4-5-7-17(16)23(21,22)19-18/h4-9,12,19-20H,3,10-11H2,1-2H3/t18-/m0/s1. The summed E-state index contributed by atoms with van der Waals surface area (Å²) in [6.07, 6.45) is 2.25. The van der Waals surface area contributed by atoms with Gasteiger partial charge in [-0.2, -0.15) is 0 Å². The Morgan fingerprint density at radius 2 is 1.87 bits per heavy atom. The number of hydrogen-bond acceptors (Lipinski definition) is 3. The highest BCUT2D eigenvalue weighted by molar-refractivity contribution is 7.89. The second kappa shape index (κ2) is 5.65. The predicted octanol–water partition coefficient (Wildman–Crippen LogP) is 3.09. The van der Waals surface area contributed by atoms with Crippen LogP contribution in [0.1, 0.15) is 37.0 Å². The van der Waals surface area contributed by atoms with Gasteiger partial charge in [0.1, 0.15) is 5.75 Å². The lowest BCUT2D eigenvalue weighted by Gasteiger charge is -2.25. The minimum atomic E-state index is -3.43. The van der Waals surface area contributed by atoms with Crippen molar-refractivity contribution < 1.29 is 13.5 Å². The van der Waals surface area contributed by atoms with Crippen molar-refractivity contribution in [2.24, 2.45) is 0 Å². The fourth-order valence-corrected chi connectivity index (χ4v) is 5.07. The zero-order valence-corrected chi connectivity index (χ0v) is 14.2. The topological polar surface area (TPSA) is 66.4 Å². The summed E-state index contributed by atoms with van der Waals surface area (Å²) in [6, 6.07) is 12.5. The number of phenolic OH excluding ortho intramolecular Hbond substituents is 1. The van der Waals surface area contributed by atoms with Crippen LogP contribution in [0.3, 0.4) is 0 Å². The molecule has 0 spiro atoms. The fourth-order valence-electron chi connectivity index (χ4n) is 3.32. The Bertz CT molecular complexity index is 845. The maximum Gasteiger partial charge on any atom is 0.241 e. The molecule has 2 aromatic carbocycles. The van der Waals surface area contributed by atoms with Gasteiger partial charge >= 0.3 is 0 Å². The highest BCUT2D eigenvalue weighted by Gasteiger charge is 2.42. The van der Waals surface area contributed by atoms with Crippen LogP contribution in [0.2, 0.25) is 0 Å². The molecule has 0 unspecified atom stereocenters. The van der Waals surface area contributed by atoms with Crippen LogP contribution in [0, 0.1) is 0 Å². The molecular weight excluding hydrogens is 310 g/mol. The molecule has 2 aromatic rings. The van der Waals surface area contributed by atoms with Crippen molar-refractivity contribution in [3.63, 3.8) is 0 Å². The molecule has 5 heteroatoms. The molecule has 1 atom stereocenters. The molecule has 0 fully saturated rings. The van der Waals surface area contributed by atoms with E-state index in [1.54, 1.807) is 24.3 Å². The largest absolute Gasteiger partial charge is 0.508 e. The normalized spacial score (nSPS) is 22.0. The molecule has 1 aliphatic rings. The van der Waals surface area contributed by atoms with Gasteiger partial charge in [0.05, 0.1) is 10.4 Å². The predicted molar refractivity (Wildman–Crippen MR) is 89.9 cm³/mol. The lowest BCUT2D eigenvalue weighted by molar-refractivity contribution is 0.413. The Hall–Kier alpha value is -1.85. The molecule has 0 aliphatic carbocycles. The van der Waals surface area contributed by atoms with E-state index in [4.69, 9.17) is 0 Å². The van der Waals surface area contributed by atoms with Crippen molar-refractivity contribution in [1.82, 2.24) is 4.72 Å². The van der Waals surface area contributed by atoms with Gasteiger partial charge in [-0.1, -0.05) is 31.2 Å². The van der Waals surface area contributed by atoms with E-state index >= 15 is 0 Å². The molecule has 1 heterocycles. The number of benzene rings is 2. The van der Waals surface area contributed by atoms with Gasteiger partial charge in [-0.05, 0) is 61.1 Å². The molecule has 0 aromatic heterocycles. The molecule has 0 saturated heterocycles. The Kier molecular flexibility index (Phi) is 3.94. The van der Waals surface area contributed by atoms with Gasteiger partial charge in [0.15, 0.2) is 0 Å². The maximum atomic E-state index is 12.3. The number of phenols is 1. The van der Waals surface area contributed by atoms with Crippen molar-refractivity contribution in [3.05, 3.63) is 59.2 Å². The van der Waals surface area contributed by atoms with Crippen molar-refractivity contribution in [3.8, 4) is 5.75 Å². The first-order valence-corrected chi connectivity index (χ1v) is 9.28. The van der Waals surface area contributed by atoms with Crippen LogP contribution in [0.5, 0.6) is 5.75 Å². The average molecular weight is 331 g/mol. The molecule has 0 radical (unpaired) electrons. The van der Waals surface area contributed by atoms with Gasteiger partial charge in [0, 0.05) is 0 Å². The molecule has 2 N–H and O–H groups in total. The first-order valence-electron chi connectivity index (χ1n) is 7.80. The maximum absolute atomic E-state index is 12.3. The van der Waals surface area contributed by atoms with Gasteiger partial charge in [-0.15, -0.1) is 0 Å². The molecule has 122 valence electrons. The quantitative estimate of drug-likeness (QED) is 0.905. The Morgan fingerprint density at radius 1 is 1.13 bits per heavy atom. The van der Waals surface area contributed by atoms with Gasteiger partial charge in [0.2, 0.25) is 10.0 Å². The number of aryl methyl sites for hydroxylation is 2. The lowest BCUT2D eigenvalue weighted by Crippen LogP contribution is -2.36. The highest BCUT2D eigenvalue weighted by atomic mass is 32.2. The van der Waals surface area contributed by atoms with Crippen molar-refractivity contribution >= 4 is 10.0 Å². The number of hydrogen-bond donors (Lipinski definition) is 2. The number of nitrogens with one attached hydrogen (secondary N) is 1. The summed E-state index contributed by atoms with van der Waals surface area (Å²) in [5.74, 6) is 0.267. The van der Waals surface area contributed by atoms with Crippen molar-refractivity contribution in [1.29, 1.82) is 0 Å². The van der Waals surface area contributed by atoms with E-state index in [1.165, 1.54) is 0 Å².